The quantitative estimate of drug-likeness (QED) is 0.237. The molecule has 2 aliphatic rings. The summed E-state index contributed by atoms with van der Waals surface area (Å²) in [5, 5.41) is 0. The van der Waals surface area contributed by atoms with Gasteiger partial charge in [0.25, 0.3) is 0 Å². The van der Waals surface area contributed by atoms with Gasteiger partial charge in [-0.05, 0) is 0 Å². The van der Waals surface area contributed by atoms with E-state index in [4.69, 9.17) is 0 Å². The Balaban J connectivity index is 0.00000184. The van der Waals surface area contributed by atoms with E-state index in [2.05, 4.69) is 159 Å². The van der Waals surface area contributed by atoms with Gasteiger partial charge in [-0.1, -0.05) is 0 Å². The van der Waals surface area contributed by atoms with E-state index in [9.17, 15) is 0 Å². The van der Waals surface area contributed by atoms with Crippen LogP contribution in [0.5, 0.6) is 0 Å². The maximum absolute atomic E-state index is 2.72. The van der Waals surface area contributed by atoms with Crippen molar-refractivity contribution in [1.29, 1.82) is 0 Å². The predicted molar refractivity (Wildman–Crippen MR) is 174 cm³/mol. The number of hydrogen-bond donors (Lipinski definition) is 0. The minimum atomic E-state index is -2.51. The van der Waals surface area contributed by atoms with Gasteiger partial charge in [-0.3, -0.25) is 0 Å². The molecule has 0 heterocycles. The second-order valence-electron chi connectivity index (χ2n) is 11.4. The predicted octanol–water partition coefficient (Wildman–Crippen LogP) is 3.79. The first-order valence-electron chi connectivity index (χ1n) is 14.6. The van der Waals surface area contributed by atoms with Gasteiger partial charge in [0.1, 0.15) is 0 Å². The largest absolute Gasteiger partial charge is 1.00 e. The Bertz CT molecular complexity index is 1750. The first-order chi connectivity index (χ1) is 20.1. The van der Waals surface area contributed by atoms with E-state index < -0.39 is 28.4 Å². The minimum absolute atomic E-state index is 0. The average molecular weight is 825 g/mol. The van der Waals surface area contributed by atoms with Gasteiger partial charge < -0.3 is 24.8 Å². The Kier molecular flexibility index (Phi) is 10.2. The summed E-state index contributed by atoms with van der Waals surface area (Å²) in [6, 6.07) is 47.8. The number of fused-ring (bicyclic) bond motifs is 2. The third kappa shape index (κ3) is 5.87. The van der Waals surface area contributed by atoms with Crippen LogP contribution < -0.4 is 29.2 Å². The molecular weight excluding hydrogens is 790 g/mol. The summed E-state index contributed by atoms with van der Waals surface area (Å²) < 4.78 is 2.92. The van der Waals surface area contributed by atoms with Crippen LogP contribution in [0.4, 0.5) is 0 Å². The second kappa shape index (κ2) is 13.7. The summed E-state index contributed by atoms with van der Waals surface area (Å²) >= 11 is -2.51. The number of benzene rings is 5. The Morgan fingerprint density at radius 3 is 1.30 bits per heavy atom. The molecule has 0 aliphatic heterocycles. The SMILES string of the molecule is CC1=Cc2c(-c3ccccc3)cccc2[CH]1[Hf+2]([CH]1C(C)=Cc2c(-c3ccccc3)cccc21)=[Ge]([CH3])[c]1ccccc1.[Cl-].[Cl-]. The van der Waals surface area contributed by atoms with Crippen molar-refractivity contribution < 1.29 is 43.2 Å². The summed E-state index contributed by atoms with van der Waals surface area (Å²) in [6.07, 6.45) is 5.11. The van der Waals surface area contributed by atoms with Crippen LogP contribution in [-0.4, -0.2) is 10.1 Å². The summed E-state index contributed by atoms with van der Waals surface area (Å²) in [5.41, 5.74) is 14.8. The van der Waals surface area contributed by atoms with Crippen molar-refractivity contribution in [3.8, 4) is 22.3 Å². The third-order valence-corrected chi connectivity index (χ3v) is 54.8. The van der Waals surface area contributed by atoms with E-state index in [0.29, 0.717) is 7.35 Å². The van der Waals surface area contributed by atoms with Crippen LogP contribution in [0.2, 0.25) is 5.76 Å². The van der Waals surface area contributed by atoms with Crippen molar-refractivity contribution in [1.82, 2.24) is 0 Å². The molecule has 0 N–H and O–H groups in total. The number of rotatable bonds is 5. The zero-order chi connectivity index (χ0) is 27.9. The van der Waals surface area contributed by atoms with E-state index in [1.54, 1.807) is 26.7 Å². The monoisotopic (exact) mass is 826 g/mol. The van der Waals surface area contributed by atoms with Crippen molar-refractivity contribution in [3.05, 3.63) is 161 Å². The van der Waals surface area contributed by atoms with Crippen LogP contribution in [0.25, 0.3) is 34.4 Å². The zero-order valence-electron chi connectivity index (χ0n) is 24.7. The van der Waals surface area contributed by atoms with Gasteiger partial charge in [0.15, 0.2) is 0 Å². The van der Waals surface area contributed by atoms with Gasteiger partial charge in [-0.2, -0.15) is 0 Å². The van der Waals surface area contributed by atoms with Gasteiger partial charge in [-0.25, -0.2) is 0 Å². The Morgan fingerprint density at radius 2 is 0.884 bits per heavy atom. The molecule has 0 saturated carbocycles. The molecule has 0 bridgehead atoms. The zero-order valence-corrected chi connectivity index (χ0v) is 31.9. The average Bonchev–Trinajstić information content (AvgIpc) is 3.54. The fourth-order valence-corrected chi connectivity index (χ4v) is 59.3. The molecule has 2 atom stereocenters. The molecule has 0 spiro atoms. The van der Waals surface area contributed by atoms with E-state index in [0.717, 1.165) is 0 Å². The van der Waals surface area contributed by atoms with Crippen LogP contribution in [0.3, 0.4) is 0 Å². The van der Waals surface area contributed by atoms with Gasteiger partial charge in [0, 0.05) is 0 Å². The molecular formula is C39H34Cl2GeHf. The Hall–Kier alpha value is -2.43. The van der Waals surface area contributed by atoms with Crippen molar-refractivity contribution in [2.45, 2.75) is 27.0 Å². The molecule has 2 unspecified atom stereocenters. The molecule has 2 aliphatic carbocycles. The molecule has 0 amide bonds. The molecule has 0 fully saturated rings. The summed E-state index contributed by atoms with van der Waals surface area (Å²) in [7, 11) is -1.59. The molecule has 0 radical (unpaired) electrons. The Labute approximate surface area is 277 Å². The minimum Gasteiger partial charge on any atom is -1.00 e. The normalized spacial score (nSPS) is 16.0. The van der Waals surface area contributed by atoms with Crippen LogP contribution >= 0.6 is 0 Å². The summed E-state index contributed by atoms with van der Waals surface area (Å²) in [6.45, 7) is 4.88. The molecule has 0 aromatic heterocycles. The van der Waals surface area contributed by atoms with E-state index >= 15 is 0 Å². The van der Waals surface area contributed by atoms with Crippen molar-refractivity contribution in [2.24, 2.45) is 0 Å². The van der Waals surface area contributed by atoms with Crippen LogP contribution in [-0.2, 0) is 18.3 Å². The molecule has 0 saturated heterocycles. The van der Waals surface area contributed by atoms with Crippen molar-refractivity contribution >= 4 is 26.6 Å². The van der Waals surface area contributed by atoms with Crippen molar-refractivity contribution in [3.63, 3.8) is 0 Å². The molecule has 4 heteroatoms. The van der Waals surface area contributed by atoms with Gasteiger partial charge >= 0.3 is 255 Å². The molecule has 5 aromatic carbocycles. The third-order valence-electron chi connectivity index (χ3n) is 8.99. The van der Waals surface area contributed by atoms with E-state index in [-0.39, 0.29) is 24.8 Å². The first kappa shape index (κ1) is 32.0. The van der Waals surface area contributed by atoms with Gasteiger partial charge in [0.2, 0.25) is 0 Å². The number of allylic oxidation sites excluding steroid dienone is 2. The summed E-state index contributed by atoms with van der Waals surface area (Å²) in [5.74, 6) is 2.72. The number of hydrogen-bond acceptors (Lipinski definition) is 0. The number of halogens is 2. The molecule has 0 nitrogen and oxygen atoms in total. The fraction of sp³-hybridized carbons (Fsp3) is 0.128. The maximum Gasteiger partial charge on any atom is -1.00 e. The molecule has 5 aromatic rings. The van der Waals surface area contributed by atoms with Crippen LogP contribution in [0.15, 0.2) is 139 Å². The standard InChI is InChI=1S/2C16H13.C7H8Ge.2ClH.Hf/c2*1-12-10-14-8-5-9-15(16(14)11-12)13-6-3-2-4-7-13;1-8-7-5-3-2-4-6-7;;;/h2*2-11H,1H3;2-6H,1H3;2*1H;/q;;;;;+2/p-2. The van der Waals surface area contributed by atoms with E-state index in [1.165, 1.54) is 33.4 Å². The molecule has 212 valence electrons. The topological polar surface area (TPSA) is 0 Å². The van der Waals surface area contributed by atoms with Gasteiger partial charge in [-0.15, -0.1) is 0 Å². The second-order valence-corrected chi connectivity index (χ2v) is 46.6. The smallest absolute Gasteiger partial charge is 1.00 e. The molecule has 43 heavy (non-hydrogen) atoms. The molecule has 7 rings (SSSR count). The van der Waals surface area contributed by atoms with Gasteiger partial charge in [0.05, 0.1) is 0 Å². The van der Waals surface area contributed by atoms with Crippen LogP contribution in [0.1, 0.15) is 43.5 Å². The van der Waals surface area contributed by atoms with Crippen LogP contribution in [0, 0.1) is 0 Å². The van der Waals surface area contributed by atoms with E-state index in [1.807, 2.05) is 0 Å². The first-order valence-corrected chi connectivity index (χ1v) is 32.3. The fourth-order valence-electron chi connectivity index (χ4n) is 7.12. The summed E-state index contributed by atoms with van der Waals surface area (Å²) in [4.78, 5) is 0. The maximum atomic E-state index is 2.72. The van der Waals surface area contributed by atoms with Crippen molar-refractivity contribution in [2.75, 3.05) is 0 Å². The Morgan fingerprint density at radius 1 is 0.488 bits per heavy atom.